The third-order valence-electron chi connectivity index (χ3n) is 3.72. The lowest BCUT2D eigenvalue weighted by molar-refractivity contribution is 0.103. The van der Waals surface area contributed by atoms with Crippen LogP contribution >= 0.6 is 15.9 Å². The predicted octanol–water partition coefficient (Wildman–Crippen LogP) is 4.34. The first-order valence-corrected chi connectivity index (χ1v) is 7.31. The first-order valence-electron chi connectivity index (χ1n) is 6.51. The van der Waals surface area contributed by atoms with Crippen molar-refractivity contribution >= 4 is 21.7 Å². The van der Waals surface area contributed by atoms with Gasteiger partial charge < -0.3 is 0 Å². The maximum atomic E-state index is 12.6. The monoisotopic (exact) mass is 315 g/mol. The maximum absolute atomic E-state index is 12.6. The number of rotatable bonds is 3. The van der Waals surface area contributed by atoms with Gasteiger partial charge in [0.1, 0.15) is 5.69 Å². The van der Waals surface area contributed by atoms with Crippen molar-refractivity contribution in [2.24, 2.45) is 0 Å². The van der Waals surface area contributed by atoms with Crippen LogP contribution in [0.15, 0.2) is 47.1 Å². The van der Waals surface area contributed by atoms with Crippen LogP contribution in [0.3, 0.4) is 0 Å². The number of hydrogen-bond donors (Lipinski definition) is 0. The Morgan fingerprint density at radius 1 is 1.16 bits per heavy atom. The van der Waals surface area contributed by atoms with Crippen molar-refractivity contribution in [2.45, 2.75) is 25.2 Å². The van der Waals surface area contributed by atoms with Crippen LogP contribution in [0.2, 0.25) is 0 Å². The Labute approximate surface area is 121 Å². The third kappa shape index (κ3) is 2.35. The van der Waals surface area contributed by atoms with Crippen LogP contribution in [0, 0.1) is 0 Å². The third-order valence-corrected chi connectivity index (χ3v) is 4.36. The summed E-state index contributed by atoms with van der Waals surface area (Å²) in [5.41, 5.74) is 2.47. The Hall–Kier alpha value is -1.48. The molecule has 0 aliphatic heterocycles. The Kier molecular flexibility index (Phi) is 3.47. The number of pyridine rings is 1. The summed E-state index contributed by atoms with van der Waals surface area (Å²) in [6, 6.07) is 11.6. The Morgan fingerprint density at radius 2 is 1.95 bits per heavy atom. The average Bonchev–Trinajstić information content (AvgIpc) is 2.37. The van der Waals surface area contributed by atoms with Gasteiger partial charge in [0.2, 0.25) is 5.78 Å². The van der Waals surface area contributed by atoms with E-state index in [0.29, 0.717) is 11.6 Å². The molecule has 96 valence electrons. The van der Waals surface area contributed by atoms with Crippen molar-refractivity contribution in [1.29, 1.82) is 0 Å². The number of ketones is 1. The van der Waals surface area contributed by atoms with E-state index in [4.69, 9.17) is 0 Å². The van der Waals surface area contributed by atoms with E-state index in [2.05, 4.69) is 27.0 Å². The van der Waals surface area contributed by atoms with Gasteiger partial charge in [-0.1, -0.05) is 30.7 Å². The van der Waals surface area contributed by atoms with Crippen LogP contribution < -0.4 is 0 Å². The van der Waals surface area contributed by atoms with Crippen molar-refractivity contribution in [3.8, 4) is 0 Å². The minimum absolute atomic E-state index is 0.00924. The summed E-state index contributed by atoms with van der Waals surface area (Å²) in [6.07, 6.45) is 5.30. The first kappa shape index (κ1) is 12.5. The van der Waals surface area contributed by atoms with E-state index in [9.17, 15) is 4.79 Å². The fraction of sp³-hybridized carbons (Fsp3) is 0.250. The molecule has 0 radical (unpaired) electrons. The van der Waals surface area contributed by atoms with Gasteiger partial charge in [0.15, 0.2) is 0 Å². The van der Waals surface area contributed by atoms with Gasteiger partial charge in [-0.25, -0.2) is 0 Å². The number of carbonyl (C=O) groups excluding carboxylic acids is 1. The smallest absolute Gasteiger partial charge is 0.212 e. The number of halogens is 1. The van der Waals surface area contributed by atoms with E-state index in [1.54, 1.807) is 6.20 Å². The molecule has 1 aliphatic carbocycles. The topological polar surface area (TPSA) is 30.0 Å². The highest BCUT2D eigenvalue weighted by Gasteiger charge is 2.25. The van der Waals surface area contributed by atoms with Crippen molar-refractivity contribution in [3.63, 3.8) is 0 Å². The van der Waals surface area contributed by atoms with Gasteiger partial charge in [-0.3, -0.25) is 9.78 Å². The van der Waals surface area contributed by atoms with Crippen molar-refractivity contribution in [3.05, 3.63) is 63.9 Å². The van der Waals surface area contributed by atoms with Gasteiger partial charge in [0.25, 0.3) is 0 Å². The van der Waals surface area contributed by atoms with Gasteiger partial charge >= 0.3 is 0 Å². The van der Waals surface area contributed by atoms with Crippen LogP contribution in [0.4, 0.5) is 0 Å². The molecule has 1 fully saturated rings. The Balaban J connectivity index is 2.02. The molecule has 0 saturated heterocycles. The molecular weight excluding hydrogens is 302 g/mol. The summed E-state index contributed by atoms with van der Waals surface area (Å²) in [4.78, 5) is 16.8. The zero-order valence-electron chi connectivity index (χ0n) is 10.5. The fourth-order valence-corrected chi connectivity index (χ4v) is 2.89. The van der Waals surface area contributed by atoms with Crippen molar-refractivity contribution in [2.75, 3.05) is 0 Å². The molecule has 1 saturated carbocycles. The second kappa shape index (κ2) is 5.25. The predicted molar refractivity (Wildman–Crippen MR) is 78.4 cm³/mol. The number of nitrogens with zero attached hydrogens (tertiary/aromatic N) is 1. The largest absolute Gasteiger partial charge is 0.287 e. The summed E-state index contributed by atoms with van der Waals surface area (Å²) in [5.74, 6) is 0.553. The molecule has 3 heteroatoms. The normalized spacial score (nSPS) is 15.0. The molecule has 0 unspecified atom stereocenters. The van der Waals surface area contributed by atoms with E-state index < -0.39 is 0 Å². The van der Waals surface area contributed by atoms with Gasteiger partial charge in [-0.2, -0.15) is 0 Å². The van der Waals surface area contributed by atoms with Gasteiger partial charge in [-0.15, -0.1) is 0 Å². The molecule has 2 nitrogen and oxygen atoms in total. The standard InChI is InChI=1S/C16H14BrNO/c17-14-9-4-10-18-15(14)16(19)13-8-2-1-7-12(13)11-5-3-6-11/h1-2,4,7-11H,3,5-6H2. The lowest BCUT2D eigenvalue weighted by atomic mass is 9.77. The highest BCUT2D eigenvalue weighted by atomic mass is 79.9. The molecule has 19 heavy (non-hydrogen) atoms. The summed E-state index contributed by atoms with van der Waals surface area (Å²) >= 11 is 3.40. The second-order valence-corrected chi connectivity index (χ2v) is 5.73. The summed E-state index contributed by atoms with van der Waals surface area (Å²) in [5, 5.41) is 0. The fourth-order valence-electron chi connectivity index (χ4n) is 2.46. The van der Waals surface area contributed by atoms with E-state index >= 15 is 0 Å². The lowest BCUT2D eigenvalue weighted by Crippen LogP contribution is -2.15. The van der Waals surface area contributed by atoms with Crippen LogP contribution in [-0.2, 0) is 0 Å². The van der Waals surface area contributed by atoms with Crippen LogP contribution in [0.1, 0.15) is 46.8 Å². The molecule has 0 N–H and O–H groups in total. The highest BCUT2D eigenvalue weighted by molar-refractivity contribution is 9.10. The zero-order valence-corrected chi connectivity index (χ0v) is 12.1. The van der Waals surface area contributed by atoms with Crippen LogP contribution in [0.25, 0.3) is 0 Å². The van der Waals surface area contributed by atoms with Crippen LogP contribution in [0.5, 0.6) is 0 Å². The first-order chi connectivity index (χ1) is 9.27. The van der Waals surface area contributed by atoms with Gasteiger partial charge in [0.05, 0.1) is 0 Å². The van der Waals surface area contributed by atoms with E-state index in [-0.39, 0.29) is 5.78 Å². The van der Waals surface area contributed by atoms with Gasteiger partial charge in [0, 0.05) is 16.2 Å². The van der Waals surface area contributed by atoms with Gasteiger partial charge in [-0.05, 0) is 52.4 Å². The Bertz CT molecular complexity index is 620. The molecule has 0 spiro atoms. The Morgan fingerprint density at radius 3 is 2.63 bits per heavy atom. The molecule has 2 aromatic rings. The van der Waals surface area contributed by atoms with E-state index in [0.717, 1.165) is 10.0 Å². The number of carbonyl (C=O) groups is 1. The maximum Gasteiger partial charge on any atom is 0.212 e. The van der Waals surface area contributed by atoms with E-state index in [1.165, 1.54) is 24.8 Å². The molecule has 1 heterocycles. The molecule has 3 rings (SSSR count). The summed E-state index contributed by atoms with van der Waals surface area (Å²) in [6.45, 7) is 0. The highest BCUT2D eigenvalue weighted by Crippen LogP contribution is 2.38. The van der Waals surface area contributed by atoms with E-state index in [1.807, 2.05) is 30.3 Å². The lowest BCUT2D eigenvalue weighted by Gasteiger charge is -2.27. The SMILES string of the molecule is O=C(c1ccccc1C1CCC1)c1ncccc1Br. The molecule has 0 amide bonds. The summed E-state index contributed by atoms with van der Waals surface area (Å²) in [7, 11) is 0. The van der Waals surface area contributed by atoms with Crippen molar-refractivity contribution in [1.82, 2.24) is 4.98 Å². The molecule has 0 atom stereocenters. The van der Waals surface area contributed by atoms with Crippen molar-refractivity contribution < 1.29 is 4.79 Å². The number of aromatic nitrogens is 1. The molecule has 0 bridgehead atoms. The minimum Gasteiger partial charge on any atom is -0.287 e. The molecule has 1 aliphatic rings. The number of benzene rings is 1. The second-order valence-electron chi connectivity index (χ2n) is 4.88. The minimum atomic E-state index is 0.00924. The average molecular weight is 316 g/mol. The number of hydrogen-bond acceptors (Lipinski definition) is 2. The molecular formula is C16H14BrNO. The molecule has 1 aromatic heterocycles. The zero-order chi connectivity index (χ0) is 13.2. The van der Waals surface area contributed by atoms with Crippen LogP contribution in [-0.4, -0.2) is 10.8 Å². The summed E-state index contributed by atoms with van der Waals surface area (Å²) < 4.78 is 0.753. The quantitative estimate of drug-likeness (QED) is 0.788. The molecule has 1 aromatic carbocycles.